The average molecular weight is 337 g/mol. The van der Waals surface area contributed by atoms with Crippen LogP contribution in [0.5, 0.6) is 0 Å². The number of alkyl halides is 3. The van der Waals surface area contributed by atoms with Gasteiger partial charge < -0.3 is 5.11 Å². The van der Waals surface area contributed by atoms with E-state index in [-0.39, 0.29) is 22.4 Å². The maximum Gasteiger partial charge on any atom is 0.416 e. The molecule has 2 atom stereocenters. The summed E-state index contributed by atoms with van der Waals surface area (Å²) in [6.07, 6.45) is -3.73. The van der Waals surface area contributed by atoms with Crippen LogP contribution in [-0.2, 0) is 16.4 Å². The third kappa shape index (κ3) is 2.26. The predicted octanol–water partition coefficient (Wildman–Crippen LogP) is 4.22. The van der Waals surface area contributed by atoms with Gasteiger partial charge in [0.05, 0.1) is 11.0 Å². The molecule has 104 valence electrons. The standard InChI is InChI=1S/C13H12BrF3O2/c1-2-7-6-12(7,11(18)19)9-4-3-8(14)5-10(9)13(15,16)17/h3-5,7H,2,6H2,1H3,(H,18,19). The highest BCUT2D eigenvalue weighted by Gasteiger charge is 2.62. The molecule has 0 amide bonds. The fourth-order valence-corrected chi connectivity index (χ4v) is 3.03. The second kappa shape index (κ2) is 4.51. The summed E-state index contributed by atoms with van der Waals surface area (Å²) in [5.74, 6) is -1.40. The minimum absolute atomic E-state index is 0.123. The van der Waals surface area contributed by atoms with Gasteiger partial charge in [-0.1, -0.05) is 35.3 Å². The van der Waals surface area contributed by atoms with Crippen LogP contribution in [0.4, 0.5) is 13.2 Å². The Morgan fingerprint density at radius 3 is 2.58 bits per heavy atom. The van der Waals surface area contributed by atoms with Crippen molar-refractivity contribution >= 4 is 21.9 Å². The lowest BCUT2D eigenvalue weighted by molar-refractivity contribution is -0.143. The molecule has 0 radical (unpaired) electrons. The van der Waals surface area contributed by atoms with Gasteiger partial charge in [-0.15, -0.1) is 0 Å². The molecule has 0 spiro atoms. The highest BCUT2D eigenvalue weighted by atomic mass is 79.9. The Labute approximate surface area is 116 Å². The van der Waals surface area contributed by atoms with E-state index >= 15 is 0 Å². The zero-order valence-corrected chi connectivity index (χ0v) is 11.7. The van der Waals surface area contributed by atoms with Gasteiger partial charge in [0.1, 0.15) is 0 Å². The number of rotatable bonds is 3. The van der Waals surface area contributed by atoms with E-state index in [1.54, 1.807) is 6.92 Å². The number of halogens is 4. The molecule has 2 unspecified atom stereocenters. The molecule has 0 aromatic heterocycles. The summed E-state index contributed by atoms with van der Waals surface area (Å²) in [6.45, 7) is 1.79. The van der Waals surface area contributed by atoms with Crippen molar-refractivity contribution < 1.29 is 23.1 Å². The molecule has 1 aromatic carbocycles. The van der Waals surface area contributed by atoms with E-state index in [2.05, 4.69) is 15.9 Å². The molecule has 19 heavy (non-hydrogen) atoms. The largest absolute Gasteiger partial charge is 0.481 e. The fourth-order valence-electron chi connectivity index (χ4n) is 2.67. The molecule has 1 fully saturated rings. The van der Waals surface area contributed by atoms with Gasteiger partial charge in [0.15, 0.2) is 0 Å². The summed E-state index contributed by atoms with van der Waals surface area (Å²) in [4.78, 5) is 11.4. The molecule has 1 aromatic rings. The van der Waals surface area contributed by atoms with E-state index in [0.717, 1.165) is 6.07 Å². The third-order valence-corrected chi connectivity index (χ3v) is 4.24. The van der Waals surface area contributed by atoms with Crippen molar-refractivity contribution in [3.8, 4) is 0 Å². The SMILES string of the molecule is CCC1CC1(C(=O)O)c1ccc(Br)cc1C(F)(F)F. The van der Waals surface area contributed by atoms with Crippen LogP contribution in [0.1, 0.15) is 30.9 Å². The molecule has 1 N–H and O–H groups in total. The molecule has 6 heteroatoms. The summed E-state index contributed by atoms with van der Waals surface area (Å²) in [7, 11) is 0. The van der Waals surface area contributed by atoms with Crippen molar-refractivity contribution in [3.05, 3.63) is 33.8 Å². The third-order valence-electron chi connectivity index (χ3n) is 3.75. The molecule has 2 rings (SSSR count). The molecule has 0 saturated heterocycles. The van der Waals surface area contributed by atoms with Gasteiger partial charge in [0.2, 0.25) is 0 Å². The Hall–Kier alpha value is -1.04. The number of hydrogen-bond donors (Lipinski definition) is 1. The lowest BCUT2D eigenvalue weighted by Crippen LogP contribution is -2.26. The Balaban J connectivity index is 2.60. The van der Waals surface area contributed by atoms with Crippen molar-refractivity contribution in [1.29, 1.82) is 0 Å². The number of carbonyl (C=O) groups is 1. The lowest BCUT2D eigenvalue weighted by Gasteiger charge is -2.19. The first-order valence-corrected chi connectivity index (χ1v) is 6.63. The first-order valence-electron chi connectivity index (χ1n) is 5.84. The Kier molecular flexibility index (Phi) is 3.41. The summed E-state index contributed by atoms with van der Waals surface area (Å²) < 4.78 is 39.5. The number of benzene rings is 1. The number of carboxylic acids is 1. The first-order chi connectivity index (χ1) is 8.73. The summed E-state index contributed by atoms with van der Waals surface area (Å²) >= 11 is 3.00. The van der Waals surface area contributed by atoms with Crippen molar-refractivity contribution in [3.63, 3.8) is 0 Å². The van der Waals surface area contributed by atoms with E-state index < -0.39 is 23.1 Å². The summed E-state index contributed by atoms with van der Waals surface area (Å²) in [5, 5.41) is 9.34. The molecule has 1 saturated carbocycles. The maximum atomic E-state index is 13.1. The zero-order chi connectivity index (χ0) is 14.4. The monoisotopic (exact) mass is 336 g/mol. The van der Waals surface area contributed by atoms with Crippen LogP contribution in [0.2, 0.25) is 0 Å². The summed E-state index contributed by atoms with van der Waals surface area (Å²) in [6, 6.07) is 3.68. The molecular weight excluding hydrogens is 325 g/mol. The number of carboxylic acid groups (broad SMARTS) is 1. The second-order valence-electron chi connectivity index (χ2n) is 4.77. The topological polar surface area (TPSA) is 37.3 Å². The van der Waals surface area contributed by atoms with E-state index in [1.807, 2.05) is 0 Å². The highest BCUT2D eigenvalue weighted by Crippen LogP contribution is 2.58. The van der Waals surface area contributed by atoms with Crippen LogP contribution < -0.4 is 0 Å². The highest BCUT2D eigenvalue weighted by molar-refractivity contribution is 9.10. The van der Waals surface area contributed by atoms with Gasteiger partial charge in [0.25, 0.3) is 0 Å². The van der Waals surface area contributed by atoms with E-state index in [0.29, 0.717) is 6.42 Å². The smallest absolute Gasteiger partial charge is 0.416 e. The molecule has 0 aliphatic heterocycles. The van der Waals surface area contributed by atoms with Gasteiger partial charge >= 0.3 is 12.1 Å². The molecule has 0 heterocycles. The van der Waals surface area contributed by atoms with Crippen LogP contribution in [0.15, 0.2) is 22.7 Å². The first kappa shape index (κ1) is 14.4. The van der Waals surface area contributed by atoms with Crippen molar-refractivity contribution in [2.45, 2.75) is 31.4 Å². The fraction of sp³-hybridized carbons (Fsp3) is 0.462. The molecule has 1 aliphatic carbocycles. The van der Waals surface area contributed by atoms with Gasteiger partial charge in [-0.3, -0.25) is 4.79 Å². The molecule has 2 nitrogen and oxygen atoms in total. The van der Waals surface area contributed by atoms with Crippen LogP contribution in [0, 0.1) is 5.92 Å². The average Bonchev–Trinajstić information content (AvgIpc) is 3.03. The quantitative estimate of drug-likeness (QED) is 0.897. The maximum absolute atomic E-state index is 13.1. The van der Waals surface area contributed by atoms with Crippen LogP contribution in [-0.4, -0.2) is 11.1 Å². The molecule has 0 bridgehead atoms. The minimum Gasteiger partial charge on any atom is -0.481 e. The van der Waals surface area contributed by atoms with Crippen LogP contribution >= 0.6 is 15.9 Å². The molecular formula is C13H12BrF3O2. The van der Waals surface area contributed by atoms with Gasteiger partial charge in [-0.05, 0) is 30.0 Å². The Morgan fingerprint density at radius 2 is 2.16 bits per heavy atom. The minimum atomic E-state index is -4.55. The predicted molar refractivity (Wildman–Crippen MR) is 66.9 cm³/mol. The van der Waals surface area contributed by atoms with Gasteiger partial charge in [-0.2, -0.15) is 13.2 Å². The van der Waals surface area contributed by atoms with E-state index in [1.165, 1.54) is 12.1 Å². The van der Waals surface area contributed by atoms with Gasteiger partial charge in [-0.25, -0.2) is 0 Å². The van der Waals surface area contributed by atoms with E-state index in [4.69, 9.17) is 0 Å². The summed E-state index contributed by atoms with van der Waals surface area (Å²) in [5.41, 5.74) is -2.36. The zero-order valence-electron chi connectivity index (χ0n) is 10.1. The van der Waals surface area contributed by atoms with Crippen molar-refractivity contribution in [2.75, 3.05) is 0 Å². The van der Waals surface area contributed by atoms with Gasteiger partial charge in [0, 0.05) is 4.47 Å². The van der Waals surface area contributed by atoms with E-state index in [9.17, 15) is 23.1 Å². The second-order valence-corrected chi connectivity index (χ2v) is 5.69. The lowest BCUT2D eigenvalue weighted by atomic mass is 9.88. The molecule has 1 aliphatic rings. The van der Waals surface area contributed by atoms with Crippen molar-refractivity contribution in [2.24, 2.45) is 5.92 Å². The van der Waals surface area contributed by atoms with Crippen LogP contribution in [0.3, 0.4) is 0 Å². The normalized spacial score (nSPS) is 26.3. The van der Waals surface area contributed by atoms with Crippen molar-refractivity contribution in [1.82, 2.24) is 0 Å². The number of aliphatic carboxylic acids is 1. The number of hydrogen-bond acceptors (Lipinski definition) is 1. The Morgan fingerprint density at radius 1 is 1.53 bits per heavy atom. The van der Waals surface area contributed by atoms with Crippen LogP contribution in [0.25, 0.3) is 0 Å². The Bertz CT molecular complexity index is 527.